The van der Waals surface area contributed by atoms with E-state index in [0.717, 1.165) is 11.1 Å². The molecule has 0 aliphatic carbocycles. The summed E-state index contributed by atoms with van der Waals surface area (Å²) in [6.45, 7) is 1.99. The Balaban J connectivity index is 1.43. The smallest absolute Gasteiger partial charge is 0.254 e. The van der Waals surface area contributed by atoms with Gasteiger partial charge in [-0.25, -0.2) is 8.42 Å². The standard InChI is InChI=1S/C30H34N2O8S/c1-36-23-6-8-24(9-7-23)40-20-27-26-19-29(38-3)28(37-2)18-22(26)12-13-32(27)30(33)21-4-10-25(11-5-21)41(34,35)31-14-16-39-17-15-31/h4-11,18-19,27H,12-17,20H2,1-3H3/t27-/m0/s1. The molecule has 41 heavy (non-hydrogen) atoms. The molecule has 10 nitrogen and oxygen atoms in total. The number of ether oxygens (including phenoxy) is 5. The van der Waals surface area contributed by atoms with Crippen LogP contribution >= 0.6 is 0 Å². The van der Waals surface area contributed by atoms with Gasteiger partial charge in [-0.1, -0.05) is 0 Å². The van der Waals surface area contributed by atoms with Crippen molar-refractivity contribution < 1.29 is 36.9 Å². The fourth-order valence-corrected chi connectivity index (χ4v) is 6.58. The first-order valence-electron chi connectivity index (χ1n) is 13.4. The first-order chi connectivity index (χ1) is 19.8. The molecule has 1 atom stereocenters. The maximum Gasteiger partial charge on any atom is 0.254 e. The molecule has 1 fully saturated rings. The van der Waals surface area contributed by atoms with Crippen molar-refractivity contribution in [2.75, 3.05) is 60.8 Å². The predicted molar refractivity (Wildman–Crippen MR) is 152 cm³/mol. The number of fused-ring (bicyclic) bond motifs is 1. The average Bonchev–Trinajstić information content (AvgIpc) is 3.03. The Kier molecular flexibility index (Phi) is 8.67. The van der Waals surface area contributed by atoms with Gasteiger partial charge >= 0.3 is 0 Å². The highest BCUT2D eigenvalue weighted by Crippen LogP contribution is 2.39. The van der Waals surface area contributed by atoms with Crippen LogP contribution in [-0.4, -0.2) is 84.3 Å². The lowest BCUT2D eigenvalue weighted by Crippen LogP contribution is -2.42. The molecule has 0 radical (unpaired) electrons. The molecule has 0 aromatic heterocycles. The van der Waals surface area contributed by atoms with Gasteiger partial charge in [0.2, 0.25) is 10.0 Å². The van der Waals surface area contributed by atoms with Crippen LogP contribution in [0.15, 0.2) is 65.6 Å². The maximum atomic E-state index is 13.9. The second kappa shape index (κ2) is 12.4. The van der Waals surface area contributed by atoms with Crippen molar-refractivity contribution in [2.24, 2.45) is 0 Å². The highest BCUT2D eigenvalue weighted by Gasteiger charge is 2.34. The molecule has 1 saturated heterocycles. The molecule has 2 aliphatic heterocycles. The van der Waals surface area contributed by atoms with Gasteiger partial charge in [-0.15, -0.1) is 0 Å². The van der Waals surface area contributed by atoms with Crippen LogP contribution in [0.25, 0.3) is 0 Å². The number of sulfonamides is 1. The Morgan fingerprint density at radius 3 is 2.12 bits per heavy atom. The van der Waals surface area contributed by atoms with Crippen molar-refractivity contribution in [1.82, 2.24) is 9.21 Å². The van der Waals surface area contributed by atoms with Gasteiger partial charge in [0.25, 0.3) is 5.91 Å². The monoisotopic (exact) mass is 582 g/mol. The van der Waals surface area contributed by atoms with Gasteiger partial charge in [-0.2, -0.15) is 4.31 Å². The molecule has 218 valence electrons. The Bertz CT molecular complexity index is 1470. The van der Waals surface area contributed by atoms with E-state index in [4.69, 9.17) is 23.7 Å². The largest absolute Gasteiger partial charge is 0.497 e. The van der Waals surface area contributed by atoms with Crippen molar-refractivity contribution >= 4 is 15.9 Å². The molecular weight excluding hydrogens is 548 g/mol. The first kappa shape index (κ1) is 28.7. The van der Waals surface area contributed by atoms with E-state index in [1.807, 2.05) is 36.4 Å². The minimum absolute atomic E-state index is 0.149. The number of carbonyl (C=O) groups is 1. The number of amides is 1. The zero-order valence-corrected chi connectivity index (χ0v) is 24.2. The normalized spacial score (nSPS) is 17.4. The summed E-state index contributed by atoms with van der Waals surface area (Å²) in [5.41, 5.74) is 2.34. The summed E-state index contributed by atoms with van der Waals surface area (Å²) in [6.07, 6.45) is 0.615. The Labute approximate surface area is 240 Å². The highest BCUT2D eigenvalue weighted by molar-refractivity contribution is 7.89. The summed E-state index contributed by atoms with van der Waals surface area (Å²) >= 11 is 0. The van der Waals surface area contributed by atoms with Crippen molar-refractivity contribution in [3.63, 3.8) is 0 Å². The van der Waals surface area contributed by atoms with E-state index in [2.05, 4.69) is 0 Å². The molecule has 0 saturated carbocycles. The maximum absolute atomic E-state index is 13.9. The molecule has 2 heterocycles. The number of hydrogen-bond donors (Lipinski definition) is 0. The molecule has 1 amide bonds. The van der Waals surface area contributed by atoms with Crippen LogP contribution in [0.3, 0.4) is 0 Å². The van der Waals surface area contributed by atoms with E-state index in [1.54, 1.807) is 38.4 Å². The number of carbonyl (C=O) groups excluding carboxylic acids is 1. The average molecular weight is 583 g/mol. The molecule has 3 aromatic rings. The van der Waals surface area contributed by atoms with E-state index in [0.29, 0.717) is 67.8 Å². The lowest BCUT2D eigenvalue weighted by Gasteiger charge is -2.37. The second-order valence-corrected chi connectivity index (χ2v) is 11.6. The minimum atomic E-state index is -3.67. The summed E-state index contributed by atoms with van der Waals surface area (Å²) < 4.78 is 55.3. The van der Waals surface area contributed by atoms with Gasteiger partial charge in [-0.3, -0.25) is 4.79 Å². The van der Waals surface area contributed by atoms with Gasteiger partial charge in [0, 0.05) is 25.2 Å². The Morgan fingerprint density at radius 1 is 0.854 bits per heavy atom. The van der Waals surface area contributed by atoms with Gasteiger partial charge in [0.15, 0.2) is 11.5 Å². The molecule has 0 N–H and O–H groups in total. The Morgan fingerprint density at radius 2 is 1.49 bits per heavy atom. The van der Waals surface area contributed by atoms with Crippen LogP contribution in [0.4, 0.5) is 0 Å². The van der Waals surface area contributed by atoms with Crippen LogP contribution in [0, 0.1) is 0 Å². The van der Waals surface area contributed by atoms with Crippen LogP contribution < -0.4 is 18.9 Å². The fraction of sp³-hybridized carbons (Fsp3) is 0.367. The lowest BCUT2D eigenvalue weighted by atomic mass is 9.91. The van der Waals surface area contributed by atoms with E-state index in [9.17, 15) is 13.2 Å². The van der Waals surface area contributed by atoms with Gasteiger partial charge in [0.05, 0.1) is 45.5 Å². The number of morpholine rings is 1. The van der Waals surface area contributed by atoms with Crippen molar-refractivity contribution in [1.29, 1.82) is 0 Å². The summed E-state index contributed by atoms with van der Waals surface area (Å²) in [4.78, 5) is 15.8. The van der Waals surface area contributed by atoms with Gasteiger partial charge < -0.3 is 28.6 Å². The minimum Gasteiger partial charge on any atom is -0.497 e. The zero-order chi connectivity index (χ0) is 29.0. The quantitative estimate of drug-likeness (QED) is 0.378. The van der Waals surface area contributed by atoms with E-state index < -0.39 is 16.1 Å². The summed E-state index contributed by atoms with van der Waals surface area (Å²) in [5, 5.41) is 0. The summed E-state index contributed by atoms with van der Waals surface area (Å²) in [5.74, 6) is 2.33. The van der Waals surface area contributed by atoms with E-state index in [1.165, 1.54) is 16.4 Å². The second-order valence-electron chi connectivity index (χ2n) is 9.70. The third-order valence-corrected chi connectivity index (χ3v) is 9.35. The lowest BCUT2D eigenvalue weighted by molar-refractivity contribution is 0.0589. The van der Waals surface area contributed by atoms with E-state index in [-0.39, 0.29) is 17.4 Å². The van der Waals surface area contributed by atoms with Crippen molar-refractivity contribution in [3.8, 4) is 23.0 Å². The van der Waals surface area contributed by atoms with E-state index >= 15 is 0 Å². The molecule has 0 spiro atoms. The molecular formula is C30H34N2O8S. The summed E-state index contributed by atoms with van der Waals surface area (Å²) in [6, 6.07) is 16.8. The number of methoxy groups -OCH3 is 3. The third kappa shape index (κ3) is 5.97. The van der Waals surface area contributed by atoms with Crippen molar-refractivity contribution in [2.45, 2.75) is 17.4 Å². The summed E-state index contributed by atoms with van der Waals surface area (Å²) in [7, 11) is 1.10. The fourth-order valence-electron chi connectivity index (χ4n) is 5.17. The molecule has 11 heteroatoms. The molecule has 0 unspecified atom stereocenters. The predicted octanol–water partition coefficient (Wildman–Crippen LogP) is 3.55. The van der Waals surface area contributed by atoms with Crippen LogP contribution in [0.1, 0.15) is 27.5 Å². The van der Waals surface area contributed by atoms with Crippen LogP contribution in [0.5, 0.6) is 23.0 Å². The van der Waals surface area contributed by atoms with Gasteiger partial charge in [-0.05, 0) is 78.2 Å². The molecule has 5 rings (SSSR count). The number of benzene rings is 3. The van der Waals surface area contributed by atoms with Crippen molar-refractivity contribution in [3.05, 3.63) is 77.4 Å². The Hall–Kier alpha value is -3.80. The van der Waals surface area contributed by atoms with Crippen LogP contribution in [0.2, 0.25) is 0 Å². The topological polar surface area (TPSA) is 104 Å². The highest BCUT2D eigenvalue weighted by atomic mass is 32.2. The van der Waals surface area contributed by atoms with Crippen LogP contribution in [-0.2, 0) is 21.2 Å². The SMILES string of the molecule is COc1ccc(OC[C@H]2c3cc(OC)c(OC)cc3CCN2C(=O)c2ccc(S(=O)(=O)N3CCOCC3)cc2)cc1. The molecule has 0 bridgehead atoms. The van der Waals surface area contributed by atoms with Gasteiger partial charge in [0.1, 0.15) is 18.1 Å². The number of nitrogens with zero attached hydrogens (tertiary/aromatic N) is 2. The number of hydrogen-bond acceptors (Lipinski definition) is 8. The first-order valence-corrected chi connectivity index (χ1v) is 14.8. The molecule has 3 aromatic carbocycles. The number of rotatable bonds is 9. The third-order valence-electron chi connectivity index (χ3n) is 7.44. The molecule has 2 aliphatic rings. The zero-order valence-electron chi connectivity index (χ0n) is 23.4.